The lowest BCUT2D eigenvalue weighted by Crippen LogP contribution is -2.29. The molecular weight excluding hydrogens is 412 g/mol. The van der Waals surface area contributed by atoms with Gasteiger partial charge in [-0.25, -0.2) is 4.79 Å². The number of thiocarbonyl (C=S) groups is 1. The number of ether oxygens (including phenoxy) is 1. The number of nitrogens with one attached hydrogen (secondary N) is 2. The van der Waals surface area contributed by atoms with Crippen molar-refractivity contribution in [3.63, 3.8) is 0 Å². The highest BCUT2D eigenvalue weighted by atomic mass is 32.1. The van der Waals surface area contributed by atoms with E-state index in [1.165, 1.54) is 44.1 Å². The molecule has 1 aromatic carbocycles. The first-order chi connectivity index (χ1) is 14.6. The predicted molar refractivity (Wildman–Crippen MR) is 132 cm³/mol. The fourth-order valence-corrected chi connectivity index (χ4v) is 4.56. The lowest BCUT2D eigenvalue weighted by atomic mass is 10.1. The van der Waals surface area contributed by atoms with Gasteiger partial charge in [0.15, 0.2) is 5.11 Å². The summed E-state index contributed by atoms with van der Waals surface area (Å²) in [6.07, 6.45) is 9.65. The topological polar surface area (TPSA) is 50.4 Å². The maximum Gasteiger partial charge on any atom is 0.341 e. The highest BCUT2D eigenvalue weighted by Crippen LogP contribution is 2.30. The van der Waals surface area contributed by atoms with Crippen molar-refractivity contribution in [1.82, 2.24) is 5.32 Å². The van der Waals surface area contributed by atoms with Crippen molar-refractivity contribution in [2.45, 2.75) is 65.2 Å². The minimum atomic E-state index is -0.314. The monoisotopic (exact) mass is 446 g/mol. The molecule has 4 nitrogen and oxygen atoms in total. The number of anilines is 1. The summed E-state index contributed by atoms with van der Waals surface area (Å²) in [7, 11) is 0. The SMILES string of the molecule is CCCCCCCCCNC(=S)Nc1sc(Cc2ccccc2)cc1C(=O)OCC. The Bertz CT molecular complexity index is 775. The Morgan fingerprint density at radius 1 is 1.03 bits per heavy atom. The van der Waals surface area contributed by atoms with Crippen LogP contribution in [0.1, 0.15) is 79.6 Å². The van der Waals surface area contributed by atoms with Crippen molar-refractivity contribution in [3.05, 3.63) is 52.4 Å². The van der Waals surface area contributed by atoms with Crippen LogP contribution in [0.4, 0.5) is 5.00 Å². The summed E-state index contributed by atoms with van der Waals surface area (Å²) >= 11 is 7.01. The number of thiophene rings is 1. The fraction of sp³-hybridized carbons (Fsp3) is 0.500. The Kier molecular flexibility index (Phi) is 11.5. The zero-order chi connectivity index (χ0) is 21.6. The van der Waals surface area contributed by atoms with Crippen LogP contribution in [0.3, 0.4) is 0 Å². The minimum absolute atomic E-state index is 0.314. The third-order valence-corrected chi connectivity index (χ3v) is 6.09. The largest absolute Gasteiger partial charge is 0.462 e. The van der Waals surface area contributed by atoms with Crippen LogP contribution in [-0.2, 0) is 11.2 Å². The molecule has 0 aliphatic heterocycles. The van der Waals surface area contributed by atoms with E-state index >= 15 is 0 Å². The number of carbonyl (C=O) groups excluding carboxylic acids is 1. The summed E-state index contributed by atoms with van der Waals surface area (Å²) in [4.78, 5) is 13.5. The van der Waals surface area contributed by atoms with Crippen LogP contribution in [0.25, 0.3) is 0 Å². The molecule has 0 spiro atoms. The standard InChI is InChI=1S/C24H34N2O2S2/c1-3-5-6-7-8-9-13-16-25-24(29)26-22-21(23(27)28-4-2)18-20(30-22)17-19-14-11-10-12-15-19/h10-12,14-15,18H,3-9,13,16-17H2,1-2H3,(H2,25,26,29). The molecule has 2 rings (SSSR count). The summed E-state index contributed by atoms with van der Waals surface area (Å²) < 4.78 is 5.23. The van der Waals surface area contributed by atoms with Gasteiger partial charge >= 0.3 is 5.97 Å². The van der Waals surface area contributed by atoms with Crippen molar-refractivity contribution in [3.8, 4) is 0 Å². The van der Waals surface area contributed by atoms with E-state index in [2.05, 4.69) is 29.7 Å². The highest BCUT2D eigenvalue weighted by Gasteiger charge is 2.18. The Morgan fingerprint density at radius 2 is 1.73 bits per heavy atom. The lowest BCUT2D eigenvalue weighted by molar-refractivity contribution is 0.0528. The fourth-order valence-electron chi connectivity index (χ4n) is 3.21. The second-order valence-corrected chi connectivity index (χ2v) is 8.89. The normalized spacial score (nSPS) is 10.6. The number of unbranched alkanes of at least 4 members (excludes halogenated alkanes) is 6. The molecule has 0 fully saturated rings. The molecule has 0 bridgehead atoms. The first kappa shape index (κ1) is 24.4. The first-order valence-electron chi connectivity index (χ1n) is 11.0. The minimum Gasteiger partial charge on any atom is -0.462 e. The summed E-state index contributed by atoms with van der Waals surface area (Å²) in [5.41, 5.74) is 1.76. The zero-order valence-corrected chi connectivity index (χ0v) is 19.8. The van der Waals surface area contributed by atoms with Crippen molar-refractivity contribution in [2.75, 3.05) is 18.5 Å². The Morgan fingerprint density at radius 3 is 2.43 bits per heavy atom. The summed E-state index contributed by atoms with van der Waals surface area (Å²) in [5, 5.41) is 7.78. The lowest BCUT2D eigenvalue weighted by Gasteiger charge is -2.10. The Labute approximate surface area is 190 Å². The molecule has 6 heteroatoms. The van der Waals surface area contributed by atoms with Gasteiger partial charge in [0.25, 0.3) is 0 Å². The van der Waals surface area contributed by atoms with E-state index in [0.717, 1.165) is 29.3 Å². The van der Waals surface area contributed by atoms with E-state index < -0.39 is 0 Å². The van der Waals surface area contributed by atoms with Crippen molar-refractivity contribution < 1.29 is 9.53 Å². The molecular formula is C24H34N2O2S2. The number of esters is 1. The van der Waals surface area contributed by atoms with E-state index in [4.69, 9.17) is 17.0 Å². The molecule has 0 aliphatic rings. The Hall–Kier alpha value is -1.92. The number of carbonyl (C=O) groups is 1. The van der Waals surface area contributed by atoms with Gasteiger partial charge in [0.05, 0.1) is 12.2 Å². The molecule has 0 unspecified atom stereocenters. The second kappa shape index (κ2) is 14.1. The molecule has 1 aromatic heterocycles. The number of hydrogen-bond acceptors (Lipinski definition) is 4. The molecule has 164 valence electrons. The number of rotatable bonds is 13. The van der Waals surface area contributed by atoms with E-state index in [0.29, 0.717) is 17.3 Å². The molecule has 2 aromatic rings. The van der Waals surface area contributed by atoms with Crippen LogP contribution >= 0.6 is 23.6 Å². The van der Waals surface area contributed by atoms with Crippen LogP contribution in [-0.4, -0.2) is 24.2 Å². The van der Waals surface area contributed by atoms with E-state index in [9.17, 15) is 4.79 Å². The van der Waals surface area contributed by atoms with Gasteiger partial charge in [0.2, 0.25) is 0 Å². The van der Waals surface area contributed by atoms with Gasteiger partial charge in [-0.2, -0.15) is 0 Å². The third-order valence-electron chi connectivity index (χ3n) is 4.79. The van der Waals surface area contributed by atoms with E-state index in [1.807, 2.05) is 31.2 Å². The molecule has 0 atom stereocenters. The third kappa shape index (κ3) is 8.84. The van der Waals surface area contributed by atoms with Gasteiger partial charge < -0.3 is 15.4 Å². The quantitative estimate of drug-likeness (QED) is 0.207. The van der Waals surface area contributed by atoms with Crippen molar-refractivity contribution >= 4 is 39.6 Å². The average Bonchev–Trinajstić information content (AvgIpc) is 3.13. The molecule has 2 N–H and O–H groups in total. The summed E-state index contributed by atoms with van der Waals surface area (Å²) in [6, 6.07) is 12.1. The van der Waals surface area contributed by atoms with Gasteiger partial charge in [-0.3, -0.25) is 0 Å². The van der Waals surface area contributed by atoms with Crippen LogP contribution < -0.4 is 10.6 Å². The number of hydrogen-bond donors (Lipinski definition) is 2. The van der Waals surface area contributed by atoms with Gasteiger partial charge in [-0.05, 0) is 37.2 Å². The van der Waals surface area contributed by atoms with Gasteiger partial charge in [0.1, 0.15) is 5.00 Å². The smallest absolute Gasteiger partial charge is 0.341 e. The molecule has 30 heavy (non-hydrogen) atoms. The van der Waals surface area contributed by atoms with Gasteiger partial charge in [-0.1, -0.05) is 75.8 Å². The average molecular weight is 447 g/mol. The Balaban J connectivity index is 1.87. The van der Waals surface area contributed by atoms with E-state index in [-0.39, 0.29) is 5.97 Å². The highest BCUT2D eigenvalue weighted by molar-refractivity contribution is 7.80. The van der Waals surface area contributed by atoms with E-state index in [1.54, 1.807) is 11.3 Å². The number of benzene rings is 1. The van der Waals surface area contributed by atoms with Gasteiger partial charge in [0, 0.05) is 17.8 Å². The predicted octanol–water partition coefficient (Wildman–Crippen LogP) is 6.55. The van der Waals surface area contributed by atoms with Crippen molar-refractivity contribution in [1.29, 1.82) is 0 Å². The maximum atomic E-state index is 12.4. The van der Waals surface area contributed by atoms with Crippen LogP contribution in [0.5, 0.6) is 0 Å². The van der Waals surface area contributed by atoms with Crippen molar-refractivity contribution in [2.24, 2.45) is 0 Å². The molecule has 1 heterocycles. The maximum absolute atomic E-state index is 12.4. The summed E-state index contributed by atoms with van der Waals surface area (Å²) in [5.74, 6) is -0.314. The molecule has 0 amide bonds. The summed E-state index contributed by atoms with van der Waals surface area (Å²) in [6.45, 7) is 5.25. The van der Waals surface area contributed by atoms with Gasteiger partial charge in [-0.15, -0.1) is 11.3 Å². The van der Waals surface area contributed by atoms with Crippen LogP contribution in [0.15, 0.2) is 36.4 Å². The first-order valence-corrected chi connectivity index (χ1v) is 12.2. The molecule has 0 aliphatic carbocycles. The van der Waals surface area contributed by atoms with Crippen LogP contribution in [0, 0.1) is 0 Å². The zero-order valence-electron chi connectivity index (χ0n) is 18.2. The molecule has 0 saturated heterocycles. The second-order valence-electron chi connectivity index (χ2n) is 7.34. The molecule has 0 saturated carbocycles. The molecule has 0 radical (unpaired) electrons. The van der Waals surface area contributed by atoms with Crippen LogP contribution in [0.2, 0.25) is 0 Å².